The first-order chi connectivity index (χ1) is 11.1. The molecule has 0 aliphatic carbocycles. The molecule has 5 heteroatoms. The van der Waals surface area contributed by atoms with Gasteiger partial charge in [-0.05, 0) is 42.3 Å². The maximum atomic E-state index is 13.8. The molecule has 0 aliphatic rings. The fraction of sp³-hybridized carbons (Fsp3) is 0.111. The number of carbonyl (C=O) groups excluding carboxylic acids is 1. The Bertz CT molecular complexity index is 893. The SMILES string of the molecule is Cc1ccc(CO)cc1NC(=O)c1cc(F)cc2cccnc12. The number of carbonyl (C=O) groups is 1. The predicted octanol–water partition coefficient (Wildman–Crippen LogP) is 3.43. The average molecular weight is 310 g/mol. The van der Waals surface area contributed by atoms with Crippen molar-refractivity contribution in [1.29, 1.82) is 0 Å². The first kappa shape index (κ1) is 15.1. The molecule has 0 aliphatic heterocycles. The zero-order chi connectivity index (χ0) is 16.4. The molecule has 0 bridgehead atoms. The Morgan fingerprint density at radius 3 is 2.87 bits per heavy atom. The van der Waals surface area contributed by atoms with Gasteiger partial charge in [0.25, 0.3) is 5.91 Å². The Balaban J connectivity index is 2.01. The van der Waals surface area contributed by atoms with E-state index in [1.165, 1.54) is 12.1 Å². The molecule has 2 N–H and O–H groups in total. The molecule has 23 heavy (non-hydrogen) atoms. The Hall–Kier alpha value is -2.79. The number of hydrogen-bond acceptors (Lipinski definition) is 3. The van der Waals surface area contributed by atoms with Crippen LogP contribution in [0.4, 0.5) is 10.1 Å². The summed E-state index contributed by atoms with van der Waals surface area (Å²) >= 11 is 0. The molecule has 0 spiro atoms. The van der Waals surface area contributed by atoms with Gasteiger partial charge >= 0.3 is 0 Å². The number of amides is 1. The molecule has 0 atom stereocenters. The Kier molecular flexibility index (Phi) is 4.04. The molecule has 0 radical (unpaired) electrons. The second-order valence-electron chi connectivity index (χ2n) is 5.29. The number of aryl methyl sites for hydroxylation is 1. The van der Waals surface area contributed by atoms with Gasteiger partial charge in [-0.25, -0.2) is 4.39 Å². The normalized spacial score (nSPS) is 10.7. The van der Waals surface area contributed by atoms with E-state index in [2.05, 4.69) is 10.3 Å². The van der Waals surface area contributed by atoms with Gasteiger partial charge in [0.05, 0.1) is 17.7 Å². The van der Waals surface area contributed by atoms with Gasteiger partial charge < -0.3 is 10.4 Å². The minimum Gasteiger partial charge on any atom is -0.392 e. The van der Waals surface area contributed by atoms with Crippen LogP contribution in [0.15, 0.2) is 48.7 Å². The Morgan fingerprint density at radius 2 is 2.09 bits per heavy atom. The molecule has 3 aromatic rings. The van der Waals surface area contributed by atoms with Crippen molar-refractivity contribution in [3.8, 4) is 0 Å². The van der Waals surface area contributed by atoms with Crippen LogP contribution in [0.25, 0.3) is 10.9 Å². The molecule has 1 heterocycles. The van der Waals surface area contributed by atoms with E-state index in [0.29, 0.717) is 22.2 Å². The van der Waals surface area contributed by atoms with Gasteiger partial charge in [-0.2, -0.15) is 0 Å². The number of rotatable bonds is 3. The van der Waals surface area contributed by atoms with Crippen molar-refractivity contribution in [2.75, 3.05) is 5.32 Å². The number of aromatic nitrogens is 1. The van der Waals surface area contributed by atoms with E-state index >= 15 is 0 Å². The van der Waals surface area contributed by atoms with E-state index in [0.717, 1.165) is 5.56 Å². The van der Waals surface area contributed by atoms with E-state index in [9.17, 15) is 14.3 Å². The molecule has 0 fully saturated rings. The molecular weight excluding hydrogens is 295 g/mol. The molecule has 0 saturated carbocycles. The van der Waals surface area contributed by atoms with Crippen LogP contribution in [-0.2, 0) is 6.61 Å². The fourth-order valence-electron chi connectivity index (χ4n) is 2.42. The smallest absolute Gasteiger partial charge is 0.257 e. The van der Waals surface area contributed by atoms with Crippen LogP contribution in [0.3, 0.4) is 0 Å². The highest BCUT2D eigenvalue weighted by Gasteiger charge is 2.14. The number of pyridine rings is 1. The highest BCUT2D eigenvalue weighted by molar-refractivity contribution is 6.12. The van der Waals surface area contributed by atoms with E-state index in [1.54, 1.807) is 30.5 Å². The van der Waals surface area contributed by atoms with Crippen molar-refractivity contribution in [2.24, 2.45) is 0 Å². The number of aliphatic hydroxyl groups excluding tert-OH is 1. The second-order valence-corrected chi connectivity index (χ2v) is 5.29. The molecule has 1 amide bonds. The van der Waals surface area contributed by atoms with E-state index < -0.39 is 11.7 Å². The summed E-state index contributed by atoms with van der Waals surface area (Å²) < 4.78 is 13.8. The third kappa shape index (κ3) is 3.05. The number of hydrogen-bond donors (Lipinski definition) is 2. The Labute approximate surface area is 132 Å². The monoisotopic (exact) mass is 310 g/mol. The van der Waals surface area contributed by atoms with Gasteiger partial charge in [0, 0.05) is 17.3 Å². The van der Waals surface area contributed by atoms with Crippen LogP contribution < -0.4 is 5.32 Å². The lowest BCUT2D eigenvalue weighted by molar-refractivity contribution is 0.102. The van der Waals surface area contributed by atoms with Crippen LogP contribution in [0.5, 0.6) is 0 Å². The molecule has 116 valence electrons. The summed E-state index contributed by atoms with van der Waals surface area (Å²) in [6.07, 6.45) is 1.56. The number of fused-ring (bicyclic) bond motifs is 1. The number of halogens is 1. The van der Waals surface area contributed by atoms with Gasteiger partial charge in [-0.1, -0.05) is 18.2 Å². The van der Waals surface area contributed by atoms with Crippen molar-refractivity contribution in [2.45, 2.75) is 13.5 Å². The van der Waals surface area contributed by atoms with E-state index in [1.807, 2.05) is 13.0 Å². The van der Waals surface area contributed by atoms with Crippen molar-refractivity contribution in [3.63, 3.8) is 0 Å². The first-order valence-corrected chi connectivity index (χ1v) is 7.14. The van der Waals surface area contributed by atoms with Crippen molar-refractivity contribution in [3.05, 3.63) is 71.2 Å². The van der Waals surface area contributed by atoms with Crippen molar-refractivity contribution >= 4 is 22.5 Å². The maximum Gasteiger partial charge on any atom is 0.257 e. The molecule has 2 aromatic carbocycles. The standard InChI is InChI=1S/C18H15FN2O2/c1-11-4-5-12(10-22)7-16(11)21-18(23)15-9-14(19)8-13-3-2-6-20-17(13)15/h2-9,22H,10H2,1H3,(H,21,23). The highest BCUT2D eigenvalue weighted by Crippen LogP contribution is 2.22. The Morgan fingerprint density at radius 1 is 1.26 bits per heavy atom. The third-order valence-corrected chi connectivity index (χ3v) is 3.65. The number of anilines is 1. The van der Waals surface area contributed by atoms with Gasteiger partial charge in [-0.3, -0.25) is 9.78 Å². The largest absolute Gasteiger partial charge is 0.392 e. The fourth-order valence-corrected chi connectivity index (χ4v) is 2.42. The van der Waals surface area contributed by atoms with Crippen molar-refractivity contribution in [1.82, 2.24) is 4.98 Å². The van der Waals surface area contributed by atoms with Gasteiger partial charge in [0.1, 0.15) is 5.82 Å². The predicted molar refractivity (Wildman–Crippen MR) is 86.8 cm³/mol. The number of nitrogens with one attached hydrogen (secondary N) is 1. The highest BCUT2D eigenvalue weighted by atomic mass is 19.1. The van der Waals surface area contributed by atoms with E-state index in [-0.39, 0.29) is 12.2 Å². The lowest BCUT2D eigenvalue weighted by Crippen LogP contribution is -2.14. The summed E-state index contributed by atoms with van der Waals surface area (Å²) in [4.78, 5) is 16.7. The van der Waals surface area contributed by atoms with Crippen LogP contribution in [0, 0.1) is 12.7 Å². The van der Waals surface area contributed by atoms with Crippen LogP contribution in [0.1, 0.15) is 21.5 Å². The minimum atomic E-state index is -0.489. The molecule has 4 nitrogen and oxygen atoms in total. The van der Waals surface area contributed by atoms with Crippen LogP contribution >= 0.6 is 0 Å². The quantitative estimate of drug-likeness (QED) is 0.779. The zero-order valence-electron chi connectivity index (χ0n) is 12.5. The van der Waals surface area contributed by atoms with E-state index in [4.69, 9.17) is 0 Å². The summed E-state index contributed by atoms with van der Waals surface area (Å²) in [7, 11) is 0. The number of aliphatic hydroxyl groups is 1. The van der Waals surface area contributed by atoms with Crippen LogP contribution in [0.2, 0.25) is 0 Å². The summed E-state index contributed by atoms with van der Waals surface area (Å²) in [6, 6.07) is 11.2. The molecule has 3 rings (SSSR count). The molecule has 0 unspecified atom stereocenters. The minimum absolute atomic E-state index is 0.117. The lowest BCUT2D eigenvalue weighted by Gasteiger charge is -2.11. The summed E-state index contributed by atoms with van der Waals surface area (Å²) in [5.74, 6) is -0.928. The molecule has 0 saturated heterocycles. The number of benzene rings is 2. The summed E-state index contributed by atoms with van der Waals surface area (Å²) in [5.41, 5.74) is 2.74. The lowest BCUT2D eigenvalue weighted by atomic mass is 10.1. The first-order valence-electron chi connectivity index (χ1n) is 7.14. The van der Waals surface area contributed by atoms with Gasteiger partial charge in [0.15, 0.2) is 0 Å². The van der Waals surface area contributed by atoms with Gasteiger partial charge in [-0.15, -0.1) is 0 Å². The van der Waals surface area contributed by atoms with Gasteiger partial charge in [0.2, 0.25) is 0 Å². The van der Waals surface area contributed by atoms with Crippen LogP contribution in [-0.4, -0.2) is 16.0 Å². The second kappa shape index (κ2) is 6.14. The topological polar surface area (TPSA) is 62.2 Å². The number of nitrogens with zero attached hydrogens (tertiary/aromatic N) is 1. The zero-order valence-corrected chi connectivity index (χ0v) is 12.5. The maximum absolute atomic E-state index is 13.8. The third-order valence-electron chi connectivity index (χ3n) is 3.65. The summed E-state index contributed by atoms with van der Waals surface area (Å²) in [6.45, 7) is 1.73. The molecule has 1 aromatic heterocycles. The molecular formula is C18H15FN2O2. The van der Waals surface area contributed by atoms with Crippen molar-refractivity contribution < 1.29 is 14.3 Å². The average Bonchev–Trinajstić information content (AvgIpc) is 2.56. The summed E-state index contributed by atoms with van der Waals surface area (Å²) in [5, 5.41) is 12.5.